The number of aryl methyl sites for hydroxylation is 1. The molecule has 0 fully saturated rings. The Labute approximate surface area is 135 Å². The Morgan fingerprint density at radius 2 is 2.00 bits per heavy atom. The van der Waals surface area contributed by atoms with Gasteiger partial charge in [0.1, 0.15) is 0 Å². The predicted octanol–water partition coefficient (Wildman–Crippen LogP) is 1.69. The van der Waals surface area contributed by atoms with Gasteiger partial charge in [-0.15, -0.1) is 5.10 Å². The van der Waals surface area contributed by atoms with Crippen molar-refractivity contribution < 1.29 is 18.3 Å². The van der Waals surface area contributed by atoms with Crippen LogP contribution in [0.2, 0.25) is 0 Å². The minimum absolute atomic E-state index is 0.0920. The number of hydrogen-bond donors (Lipinski definition) is 2. The van der Waals surface area contributed by atoms with Crippen LogP contribution in [0.5, 0.6) is 0 Å². The van der Waals surface area contributed by atoms with Gasteiger partial charge in [-0.1, -0.05) is 21.1 Å². The summed E-state index contributed by atoms with van der Waals surface area (Å²) in [4.78, 5) is 11.0. The molecule has 2 rings (SSSR count). The van der Waals surface area contributed by atoms with Crippen LogP contribution in [0.1, 0.15) is 21.6 Å². The fourth-order valence-electron chi connectivity index (χ4n) is 1.72. The topological polar surface area (TPSA) is 114 Å². The summed E-state index contributed by atoms with van der Waals surface area (Å²) in [6.07, 6.45) is 0. The zero-order valence-electron chi connectivity index (χ0n) is 12.0. The maximum atomic E-state index is 12.4. The van der Waals surface area contributed by atoms with Crippen molar-refractivity contribution in [2.45, 2.75) is 18.7 Å². The van der Waals surface area contributed by atoms with Crippen molar-refractivity contribution in [3.8, 4) is 0 Å². The lowest BCUT2D eigenvalue weighted by Crippen LogP contribution is -2.15. The van der Waals surface area contributed by atoms with E-state index >= 15 is 0 Å². The summed E-state index contributed by atoms with van der Waals surface area (Å²) in [5, 5.41) is 16.6. The number of carbonyl (C=O) groups is 1. The monoisotopic (exact) mass is 388 g/mol. The molecule has 1 aromatic heterocycles. The van der Waals surface area contributed by atoms with Crippen LogP contribution < -0.4 is 4.72 Å². The molecule has 22 heavy (non-hydrogen) atoms. The maximum absolute atomic E-state index is 12.4. The van der Waals surface area contributed by atoms with E-state index in [0.29, 0.717) is 15.7 Å². The Balaban J connectivity index is 2.50. The Kier molecular flexibility index (Phi) is 4.25. The van der Waals surface area contributed by atoms with Gasteiger partial charge in [-0.05, 0) is 31.5 Å². The maximum Gasteiger partial charge on any atom is 0.336 e. The van der Waals surface area contributed by atoms with Crippen LogP contribution in [-0.2, 0) is 17.1 Å². The average Bonchev–Trinajstić information content (AvgIpc) is 2.72. The molecular formula is C12H13BrN4O4S. The highest BCUT2D eigenvalue weighted by Crippen LogP contribution is 2.26. The van der Waals surface area contributed by atoms with Gasteiger partial charge in [0, 0.05) is 11.5 Å². The van der Waals surface area contributed by atoms with Gasteiger partial charge in [0.2, 0.25) is 0 Å². The normalized spacial score (nSPS) is 11.5. The van der Waals surface area contributed by atoms with Gasteiger partial charge < -0.3 is 5.11 Å². The number of nitrogens with one attached hydrogen (secondary N) is 1. The molecule has 0 atom stereocenters. The molecule has 1 aromatic carbocycles. The highest BCUT2D eigenvalue weighted by molar-refractivity contribution is 9.10. The predicted molar refractivity (Wildman–Crippen MR) is 82.4 cm³/mol. The van der Waals surface area contributed by atoms with Crippen LogP contribution >= 0.6 is 15.9 Å². The summed E-state index contributed by atoms with van der Waals surface area (Å²) in [6, 6.07) is 2.45. The number of rotatable bonds is 4. The molecule has 0 saturated heterocycles. The second-order valence-electron chi connectivity index (χ2n) is 4.64. The molecular weight excluding hydrogens is 376 g/mol. The summed E-state index contributed by atoms with van der Waals surface area (Å²) in [7, 11) is -2.35. The van der Waals surface area contributed by atoms with E-state index < -0.39 is 16.0 Å². The first kappa shape index (κ1) is 16.4. The molecule has 0 unspecified atom stereocenters. The standard InChI is InChI=1S/C12H13BrN4O4S/c1-6-9(12(18)19)4-8(5-10(6)13)22(20,21)15-11-7(2)17(3)16-14-11/h4-5,15H,1-3H3,(H,18,19). The van der Waals surface area contributed by atoms with Gasteiger partial charge >= 0.3 is 5.97 Å². The van der Waals surface area contributed by atoms with E-state index in [0.717, 1.165) is 6.07 Å². The van der Waals surface area contributed by atoms with E-state index in [1.807, 2.05) is 0 Å². The fraction of sp³-hybridized carbons (Fsp3) is 0.250. The zero-order chi connectivity index (χ0) is 16.7. The molecule has 2 N–H and O–H groups in total. The van der Waals surface area contributed by atoms with Gasteiger partial charge in [-0.25, -0.2) is 13.2 Å². The largest absolute Gasteiger partial charge is 0.478 e. The molecule has 2 aromatic rings. The number of carboxylic acid groups (broad SMARTS) is 1. The van der Waals surface area contributed by atoms with Crippen LogP contribution in [0, 0.1) is 13.8 Å². The van der Waals surface area contributed by atoms with E-state index in [9.17, 15) is 13.2 Å². The molecule has 8 nitrogen and oxygen atoms in total. The number of anilines is 1. The number of carboxylic acids is 1. The Bertz CT molecular complexity index is 860. The van der Waals surface area contributed by atoms with E-state index in [4.69, 9.17) is 5.11 Å². The highest BCUT2D eigenvalue weighted by Gasteiger charge is 2.22. The molecule has 0 aliphatic heterocycles. The van der Waals surface area contributed by atoms with E-state index in [1.165, 1.54) is 10.7 Å². The number of sulfonamides is 1. The Hall–Kier alpha value is -1.94. The lowest BCUT2D eigenvalue weighted by Gasteiger charge is -2.10. The lowest BCUT2D eigenvalue weighted by atomic mass is 10.1. The van der Waals surface area contributed by atoms with E-state index in [1.54, 1.807) is 20.9 Å². The van der Waals surface area contributed by atoms with Crippen molar-refractivity contribution in [1.29, 1.82) is 0 Å². The van der Waals surface area contributed by atoms with Gasteiger partial charge in [0.15, 0.2) is 5.82 Å². The van der Waals surface area contributed by atoms with Crippen LogP contribution in [0.25, 0.3) is 0 Å². The third-order valence-corrected chi connectivity index (χ3v) is 5.34. The average molecular weight is 389 g/mol. The molecule has 1 heterocycles. The summed E-state index contributed by atoms with van der Waals surface area (Å²) >= 11 is 3.17. The van der Waals surface area contributed by atoms with Crippen LogP contribution in [0.4, 0.5) is 5.82 Å². The van der Waals surface area contributed by atoms with Crippen molar-refractivity contribution in [3.05, 3.63) is 33.4 Å². The molecule has 0 saturated carbocycles. The highest BCUT2D eigenvalue weighted by atomic mass is 79.9. The first-order chi connectivity index (χ1) is 10.1. The minimum atomic E-state index is -3.98. The second-order valence-corrected chi connectivity index (χ2v) is 7.17. The summed E-state index contributed by atoms with van der Waals surface area (Å²) in [5.41, 5.74) is 0.890. The molecule has 0 bridgehead atoms. The second kappa shape index (κ2) is 5.69. The first-order valence-electron chi connectivity index (χ1n) is 6.06. The molecule has 0 aliphatic carbocycles. The van der Waals surface area contributed by atoms with Crippen molar-refractivity contribution in [2.24, 2.45) is 7.05 Å². The number of halogens is 1. The molecule has 118 valence electrons. The van der Waals surface area contributed by atoms with Crippen LogP contribution in [0.3, 0.4) is 0 Å². The quantitative estimate of drug-likeness (QED) is 0.823. The third kappa shape index (κ3) is 2.97. The number of aromatic nitrogens is 3. The summed E-state index contributed by atoms with van der Waals surface area (Å²) in [5.74, 6) is -1.11. The van der Waals surface area contributed by atoms with Gasteiger partial charge in [0.25, 0.3) is 10.0 Å². The third-order valence-electron chi connectivity index (χ3n) is 3.20. The SMILES string of the molecule is Cc1c(Br)cc(S(=O)(=O)Nc2nnn(C)c2C)cc1C(=O)O. The van der Waals surface area contributed by atoms with Crippen molar-refractivity contribution in [3.63, 3.8) is 0 Å². The molecule has 0 spiro atoms. The number of benzene rings is 1. The Morgan fingerprint density at radius 1 is 1.36 bits per heavy atom. The number of aromatic carboxylic acids is 1. The lowest BCUT2D eigenvalue weighted by molar-refractivity contribution is 0.0695. The molecule has 0 aliphatic rings. The first-order valence-corrected chi connectivity index (χ1v) is 8.33. The molecule has 0 radical (unpaired) electrons. The fourth-order valence-corrected chi connectivity index (χ4v) is 3.43. The van der Waals surface area contributed by atoms with Gasteiger partial charge in [-0.2, -0.15) is 0 Å². The van der Waals surface area contributed by atoms with E-state index in [-0.39, 0.29) is 16.3 Å². The van der Waals surface area contributed by atoms with Crippen LogP contribution in [-0.4, -0.2) is 34.5 Å². The van der Waals surface area contributed by atoms with Gasteiger partial charge in [-0.3, -0.25) is 9.40 Å². The van der Waals surface area contributed by atoms with E-state index in [2.05, 4.69) is 31.0 Å². The molecule has 0 amide bonds. The number of nitrogens with zero attached hydrogens (tertiary/aromatic N) is 3. The van der Waals surface area contributed by atoms with Crippen molar-refractivity contribution >= 4 is 37.7 Å². The number of hydrogen-bond acceptors (Lipinski definition) is 5. The van der Waals surface area contributed by atoms with Crippen molar-refractivity contribution in [2.75, 3.05) is 4.72 Å². The molecule has 10 heteroatoms. The van der Waals surface area contributed by atoms with Crippen molar-refractivity contribution in [1.82, 2.24) is 15.0 Å². The Morgan fingerprint density at radius 3 is 2.50 bits per heavy atom. The minimum Gasteiger partial charge on any atom is -0.478 e. The summed E-state index contributed by atoms with van der Waals surface area (Å²) in [6.45, 7) is 3.25. The van der Waals surface area contributed by atoms with Crippen LogP contribution in [0.15, 0.2) is 21.5 Å². The summed E-state index contributed by atoms with van der Waals surface area (Å²) < 4.78 is 28.9. The van der Waals surface area contributed by atoms with Gasteiger partial charge in [0.05, 0.1) is 16.2 Å². The smallest absolute Gasteiger partial charge is 0.336 e. The zero-order valence-corrected chi connectivity index (χ0v) is 14.4.